The van der Waals surface area contributed by atoms with Gasteiger partial charge in [-0.25, -0.2) is 0 Å². The molecule has 27 heavy (non-hydrogen) atoms. The Morgan fingerprint density at radius 3 is 2.56 bits per heavy atom. The Balaban J connectivity index is 1.59. The number of carboxylic acid groups (broad SMARTS) is 1. The van der Waals surface area contributed by atoms with E-state index in [-0.39, 0.29) is 5.37 Å². The second-order valence-corrected chi connectivity index (χ2v) is 7.85. The van der Waals surface area contributed by atoms with Crippen LogP contribution in [0.4, 0.5) is 0 Å². The first kappa shape index (κ1) is 19.6. The van der Waals surface area contributed by atoms with Crippen LogP contribution in [0.2, 0.25) is 0 Å². The number of hydrogen-bond donors (Lipinski definition) is 2. The average molecular weight is 388 g/mol. The summed E-state index contributed by atoms with van der Waals surface area (Å²) in [5, 5.41) is 12.2. The number of rotatable bonds is 7. The maximum absolute atomic E-state index is 11.2. The lowest BCUT2D eigenvalue weighted by atomic mass is 10.1. The fourth-order valence-electron chi connectivity index (χ4n) is 3.08. The highest BCUT2D eigenvalue weighted by atomic mass is 32.2. The highest BCUT2D eigenvalue weighted by Crippen LogP contribution is 2.37. The maximum atomic E-state index is 11.2. The van der Waals surface area contributed by atoms with Gasteiger partial charge in [-0.15, -0.1) is 11.8 Å². The quantitative estimate of drug-likeness (QED) is 0.703. The first-order valence-electron chi connectivity index (χ1n) is 8.98. The van der Waals surface area contributed by atoms with Gasteiger partial charge in [0.25, 0.3) is 0 Å². The topological polar surface area (TPSA) is 67.8 Å². The molecule has 1 fully saturated rings. The first-order chi connectivity index (χ1) is 13.0. The molecule has 0 amide bonds. The number of benzene rings is 2. The smallest absolute Gasteiger partial charge is 0.321 e. The molecule has 2 unspecified atom stereocenters. The Bertz CT molecular complexity index is 824. The van der Waals surface area contributed by atoms with Crippen LogP contribution in [0.1, 0.15) is 27.6 Å². The highest BCUT2D eigenvalue weighted by Gasteiger charge is 2.31. The molecule has 0 bridgehead atoms. The average Bonchev–Trinajstić information content (AvgIpc) is 3.13. The van der Waals surface area contributed by atoms with Crippen molar-refractivity contribution in [3.8, 4) is 11.5 Å². The third-order valence-corrected chi connectivity index (χ3v) is 5.89. The van der Waals surface area contributed by atoms with E-state index in [0.29, 0.717) is 19.0 Å². The van der Waals surface area contributed by atoms with Crippen molar-refractivity contribution in [1.29, 1.82) is 0 Å². The third kappa shape index (κ3) is 4.76. The summed E-state index contributed by atoms with van der Waals surface area (Å²) in [4.78, 5) is 11.2. The summed E-state index contributed by atoms with van der Waals surface area (Å²) in [7, 11) is 0. The summed E-state index contributed by atoms with van der Waals surface area (Å²) in [6.45, 7) is 7.06. The summed E-state index contributed by atoms with van der Waals surface area (Å²) < 4.78 is 11.9. The Kier molecular flexibility index (Phi) is 6.29. The molecule has 0 aliphatic carbocycles. The SMILES string of the molecule is Cc1cc(C)c(C)c(OCCOc2ccccc2C2NC(C(=O)O)CS2)c1. The molecule has 1 heterocycles. The third-order valence-electron chi connectivity index (χ3n) is 4.64. The number of para-hydroxylation sites is 1. The minimum atomic E-state index is -0.819. The van der Waals surface area contributed by atoms with E-state index in [2.05, 4.69) is 32.2 Å². The Labute approximate surface area is 164 Å². The number of hydrogen-bond acceptors (Lipinski definition) is 5. The molecule has 0 aromatic heterocycles. The van der Waals surface area contributed by atoms with Crippen molar-refractivity contribution in [3.63, 3.8) is 0 Å². The van der Waals surface area contributed by atoms with E-state index < -0.39 is 12.0 Å². The van der Waals surface area contributed by atoms with Crippen LogP contribution in [0.5, 0.6) is 11.5 Å². The number of aryl methyl sites for hydroxylation is 2. The Hall–Kier alpha value is -2.18. The molecule has 5 nitrogen and oxygen atoms in total. The van der Waals surface area contributed by atoms with Gasteiger partial charge in [-0.2, -0.15) is 0 Å². The van der Waals surface area contributed by atoms with Gasteiger partial charge in [0.15, 0.2) is 0 Å². The van der Waals surface area contributed by atoms with Gasteiger partial charge in [0.05, 0.1) is 5.37 Å². The number of nitrogens with one attached hydrogen (secondary N) is 1. The van der Waals surface area contributed by atoms with Gasteiger partial charge in [-0.3, -0.25) is 10.1 Å². The number of ether oxygens (including phenoxy) is 2. The molecule has 1 saturated heterocycles. The minimum absolute atomic E-state index is 0.0788. The van der Waals surface area contributed by atoms with Crippen molar-refractivity contribution >= 4 is 17.7 Å². The zero-order valence-corrected chi connectivity index (χ0v) is 16.6. The van der Waals surface area contributed by atoms with Crippen molar-refractivity contribution in [1.82, 2.24) is 5.32 Å². The number of aliphatic carboxylic acids is 1. The lowest BCUT2D eigenvalue weighted by Crippen LogP contribution is -2.33. The molecule has 2 aromatic carbocycles. The van der Waals surface area contributed by atoms with Crippen LogP contribution in [0.15, 0.2) is 36.4 Å². The van der Waals surface area contributed by atoms with Crippen LogP contribution in [-0.2, 0) is 4.79 Å². The van der Waals surface area contributed by atoms with Crippen molar-refractivity contribution in [2.45, 2.75) is 32.2 Å². The molecular weight excluding hydrogens is 362 g/mol. The van der Waals surface area contributed by atoms with Gasteiger partial charge in [0.2, 0.25) is 0 Å². The monoisotopic (exact) mass is 387 g/mol. The van der Waals surface area contributed by atoms with Gasteiger partial charge < -0.3 is 14.6 Å². The summed E-state index contributed by atoms with van der Waals surface area (Å²) in [6.07, 6.45) is 0. The highest BCUT2D eigenvalue weighted by molar-refractivity contribution is 7.99. The fraction of sp³-hybridized carbons (Fsp3) is 0.381. The van der Waals surface area contributed by atoms with E-state index in [1.54, 1.807) is 11.8 Å². The van der Waals surface area contributed by atoms with E-state index in [1.165, 1.54) is 11.1 Å². The Morgan fingerprint density at radius 1 is 1.15 bits per heavy atom. The zero-order valence-electron chi connectivity index (χ0n) is 15.8. The largest absolute Gasteiger partial charge is 0.490 e. The standard InChI is InChI=1S/C21H25NO4S/c1-13-10-14(2)15(3)19(11-13)26-9-8-25-18-7-5-4-6-16(18)20-22-17(12-27-20)21(23)24/h4-7,10-11,17,20,22H,8-9,12H2,1-3H3,(H,23,24). The summed E-state index contributed by atoms with van der Waals surface area (Å²) >= 11 is 1.58. The molecule has 144 valence electrons. The zero-order chi connectivity index (χ0) is 19.4. The molecule has 0 spiro atoms. The van der Waals surface area contributed by atoms with Crippen LogP contribution >= 0.6 is 11.8 Å². The van der Waals surface area contributed by atoms with E-state index in [1.807, 2.05) is 30.3 Å². The van der Waals surface area contributed by atoms with Crippen LogP contribution in [-0.4, -0.2) is 36.1 Å². The summed E-state index contributed by atoms with van der Waals surface area (Å²) in [6, 6.07) is 11.4. The molecule has 2 N–H and O–H groups in total. The number of carbonyl (C=O) groups is 1. The second-order valence-electron chi connectivity index (χ2n) is 6.71. The van der Waals surface area contributed by atoms with E-state index in [0.717, 1.165) is 22.6 Å². The van der Waals surface area contributed by atoms with Crippen molar-refractivity contribution in [2.24, 2.45) is 0 Å². The first-order valence-corrected chi connectivity index (χ1v) is 10.0. The lowest BCUT2D eigenvalue weighted by Gasteiger charge is -2.17. The van der Waals surface area contributed by atoms with Crippen molar-refractivity contribution < 1.29 is 19.4 Å². The van der Waals surface area contributed by atoms with E-state index in [9.17, 15) is 4.79 Å². The minimum Gasteiger partial charge on any atom is -0.490 e. The van der Waals surface area contributed by atoms with Crippen LogP contribution < -0.4 is 14.8 Å². The summed E-state index contributed by atoms with van der Waals surface area (Å²) in [5.41, 5.74) is 4.51. The van der Waals surface area contributed by atoms with Crippen molar-refractivity contribution in [3.05, 3.63) is 58.7 Å². The second kappa shape index (κ2) is 8.67. The van der Waals surface area contributed by atoms with Gasteiger partial charge in [-0.1, -0.05) is 24.3 Å². The predicted octanol–water partition coefficient (Wildman–Crippen LogP) is 3.86. The lowest BCUT2D eigenvalue weighted by molar-refractivity contribution is -0.138. The molecule has 0 radical (unpaired) electrons. The Morgan fingerprint density at radius 2 is 1.85 bits per heavy atom. The van der Waals surface area contributed by atoms with Crippen molar-refractivity contribution in [2.75, 3.05) is 19.0 Å². The van der Waals surface area contributed by atoms with Crippen LogP contribution in [0.3, 0.4) is 0 Å². The predicted molar refractivity (Wildman–Crippen MR) is 108 cm³/mol. The van der Waals surface area contributed by atoms with Crippen LogP contribution in [0, 0.1) is 20.8 Å². The molecular formula is C21H25NO4S. The van der Waals surface area contributed by atoms with Gasteiger partial charge in [-0.05, 0) is 49.6 Å². The van der Waals surface area contributed by atoms with Gasteiger partial charge in [0, 0.05) is 11.3 Å². The van der Waals surface area contributed by atoms with Gasteiger partial charge >= 0.3 is 5.97 Å². The molecule has 2 aromatic rings. The van der Waals surface area contributed by atoms with E-state index in [4.69, 9.17) is 14.6 Å². The molecule has 0 saturated carbocycles. The molecule has 3 rings (SSSR count). The maximum Gasteiger partial charge on any atom is 0.321 e. The van der Waals surface area contributed by atoms with Crippen LogP contribution in [0.25, 0.3) is 0 Å². The van der Waals surface area contributed by atoms with E-state index >= 15 is 0 Å². The molecule has 1 aliphatic rings. The molecule has 6 heteroatoms. The summed E-state index contributed by atoms with van der Waals surface area (Å²) in [5.74, 6) is 1.38. The molecule has 1 aliphatic heterocycles. The fourth-order valence-corrected chi connectivity index (χ4v) is 4.33. The number of thioether (sulfide) groups is 1. The molecule has 2 atom stereocenters. The van der Waals surface area contributed by atoms with Gasteiger partial charge in [0.1, 0.15) is 30.8 Å². The number of carboxylic acids is 1. The normalized spacial score (nSPS) is 19.1.